The van der Waals surface area contributed by atoms with E-state index >= 15 is 0 Å². The molecule has 0 radical (unpaired) electrons. The van der Waals surface area contributed by atoms with Crippen LogP contribution in [0.1, 0.15) is 25.8 Å². The summed E-state index contributed by atoms with van der Waals surface area (Å²) in [6.07, 6.45) is 0. The maximum atomic E-state index is 11.8. The fourth-order valence-electron chi connectivity index (χ4n) is 1.09. The van der Waals surface area contributed by atoms with E-state index in [1.807, 2.05) is 20.8 Å². The quantitative estimate of drug-likeness (QED) is 0.837. The summed E-state index contributed by atoms with van der Waals surface area (Å²) in [6.45, 7) is 7.41. The minimum absolute atomic E-state index is 0.0558. The number of nitrogens with one attached hydrogen (secondary N) is 1. The number of carbonyl (C=O) groups excluding carboxylic acids is 1. The fraction of sp³-hybridized carbons (Fsp3) is 0.636. The molecule has 0 saturated carbocycles. The first-order chi connectivity index (χ1) is 8.37. The Morgan fingerprint density at radius 3 is 2.72 bits per heavy atom. The molecule has 0 aliphatic heterocycles. The molecule has 1 rings (SSSR count). The molecule has 1 aromatic rings. The molecule has 98 valence electrons. The Labute approximate surface area is 115 Å². The lowest BCUT2D eigenvalue weighted by Crippen LogP contribution is -2.49. The lowest BCUT2D eigenvalue weighted by atomic mass is 9.90. The molecule has 1 amide bonds. The highest BCUT2D eigenvalue weighted by Crippen LogP contribution is 2.22. The van der Waals surface area contributed by atoms with Crippen LogP contribution in [-0.2, 0) is 4.79 Å². The van der Waals surface area contributed by atoms with Crippen LogP contribution in [0.2, 0.25) is 0 Å². The minimum atomic E-state index is -0.825. The van der Waals surface area contributed by atoms with Gasteiger partial charge in [0.1, 0.15) is 10.5 Å². The van der Waals surface area contributed by atoms with E-state index in [-0.39, 0.29) is 17.6 Å². The third-order valence-electron chi connectivity index (χ3n) is 2.62. The summed E-state index contributed by atoms with van der Waals surface area (Å²) < 4.78 is 0.769. The molecule has 18 heavy (non-hydrogen) atoms. The first-order valence-corrected chi connectivity index (χ1v) is 7.33. The smallest absolute Gasteiger partial charge is 0.231 e. The van der Waals surface area contributed by atoms with Crippen LogP contribution in [0.5, 0.6) is 0 Å². The van der Waals surface area contributed by atoms with Gasteiger partial charge in [0.15, 0.2) is 4.34 Å². The van der Waals surface area contributed by atoms with Crippen LogP contribution in [0, 0.1) is 24.2 Å². The van der Waals surface area contributed by atoms with E-state index in [9.17, 15) is 4.79 Å². The maximum absolute atomic E-state index is 11.8. The van der Waals surface area contributed by atoms with Gasteiger partial charge in [0.2, 0.25) is 5.91 Å². The van der Waals surface area contributed by atoms with Crippen LogP contribution >= 0.6 is 23.1 Å². The number of hydrogen-bond donors (Lipinski definition) is 1. The summed E-state index contributed by atoms with van der Waals surface area (Å²) in [5.41, 5.74) is -0.825. The average Bonchev–Trinajstić information content (AvgIpc) is 2.72. The molecule has 0 saturated heterocycles. The molecule has 1 aromatic heterocycles. The highest BCUT2D eigenvalue weighted by Gasteiger charge is 2.29. The number of nitriles is 1. The molecule has 0 bridgehead atoms. The van der Waals surface area contributed by atoms with Crippen molar-refractivity contribution in [1.82, 2.24) is 15.5 Å². The van der Waals surface area contributed by atoms with Crippen LogP contribution in [0.15, 0.2) is 4.34 Å². The van der Waals surface area contributed by atoms with Crippen molar-refractivity contribution >= 4 is 29.0 Å². The Balaban J connectivity index is 2.50. The summed E-state index contributed by atoms with van der Waals surface area (Å²) in [4.78, 5) is 11.8. The zero-order valence-corrected chi connectivity index (χ0v) is 12.5. The molecular weight excluding hydrogens is 268 g/mol. The topological polar surface area (TPSA) is 78.7 Å². The van der Waals surface area contributed by atoms with Gasteiger partial charge >= 0.3 is 0 Å². The van der Waals surface area contributed by atoms with Crippen molar-refractivity contribution in [3.05, 3.63) is 5.01 Å². The second-order valence-corrected chi connectivity index (χ2v) is 6.80. The van der Waals surface area contributed by atoms with Crippen LogP contribution in [0.25, 0.3) is 0 Å². The van der Waals surface area contributed by atoms with Gasteiger partial charge in [-0.25, -0.2) is 0 Å². The highest BCUT2D eigenvalue weighted by molar-refractivity contribution is 8.01. The number of amides is 1. The van der Waals surface area contributed by atoms with Gasteiger partial charge in [-0.3, -0.25) is 4.79 Å². The van der Waals surface area contributed by atoms with Gasteiger partial charge in [0.05, 0.1) is 11.8 Å². The normalized spacial score (nSPS) is 14.0. The van der Waals surface area contributed by atoms with E-state index in [0.29, 0.717) is 0 Å². The largest absolute Gasteiger partial charge is 0.337 e. The molecule has 7 heteroatoms. The molecule has 0 aliphatic rings. The van der Waals surface area contributed by atoms with E-state index in [2.05, 4.69) is 21.6 Å². The zero-order chi connectivity index (χ0) is 13.8. The molecule has 0 aliphatic carbocycles. The number of rotatable bonds is 5. The number of hydrogen-bond acceptors (Lipinski definition) is 6. The molecule has 1 N–H and O–H groups in total. The fourth-order valence-corrected chi connectivity index (χ4v) is 2.71. The highest BCUT2D eigenvalue weighted by atomic mass is 32.2. The van der Waals surface area contributed by atoms with Crippen LogP contribution in [-0.4, -0.2) is 27.4 Å². The zero-order valence-electron chi connectivity index (χ0n) is 10.9. The molecule has 1 atom stereocenters. The van der Waals surface area contributed by atoms with Gasteiger partial charge < -0.3 is 5.32 Å². The van der Waals surface area contributed by atoms with Gasteiger partial charge in [-0.1, -0.05) is 36.9 Å². The van der Waals surface area contributed by atoms with E-state index in [1.165, 1.54) is 23.1 Å². The average molecular weight is 284 g/mol. The second kappa shape index (κ2) is 6.16. The SMILES string of the molecule is Cc1nnc(SCC(=O)N[C@](C)(C#N)C(C)C)s1. The van der Waals surface area contributed by atoms with E-state index in [1.54, 1.807) is 6.92 Å². The summed E-state index contributed by atoms with van der Waals surface area (Å²) in [6, 6.07) is 2.14. The van der Waals surface area contributed by atoms with Gasteiger partial charge in [0, 0.05) is 0 Å². The van der Waals surface area contributed by atoms with Gasteiger partial charge in [0.25, 0.3) is 0 Å². The number of aromatic nitrogens is 2. The lowest BCUT2D eigenvalue weighted by molar-refractivity contribution is -0.120. The molecule has 0 fully saturated rings. The maximum Gasteiger partial charge on any atom is 0.231 e. The van der Waals surface area contributed by atoms with Crippen molar-refractivity contribution in [2.24, 2.45) is 5.92 Å². The van der Waals surface area contributed by atoms with Crippen molar-refractivity contribution in [2.75, 3.05) is 5.75 Å². The predicted molar refractivity (Wildman–Crippen MR) is 72.4 cm³/mol. The van der Waals surface area contributed by atoms with Crippen LogP contribution in [0.3, 0.4) is 0 Å². The minimum Gasteiger partial charge on any atom is -0.337 e. The Hall–Kier alpha value is -1.13. The molecule has 1 heterocycles. The monoisotopic (exact) mass is 284 g/mol. The number of thioether (sulfide) groups is 1. The molecule has 0 unspecified atom stereocenters. The number of aryl methyl sites for hydroxylation is 1. The number of nitrogens with zero attached hydrogens (tertiary/aromatic N) is 3. The van der Waals surface area contributed by atoms with Gasteiger partial charge in [-0.15, -0.1) is 10.2 Å². The first-order valence-electron chi connectivity index (χ1n) is 5.52. The van der Waals surface area contributed by atoms with Crippen molar-refractivity contribution in [2.45, 2.75) is 37.6 Å². The Morgan fingerprint density at radius 1 is 1.61 bits per heavy atom. The van der Waals surface area contributed by atoms with Crippen LogP contribution in [0.4, 0.5) is 0 Å². The molecule has 0 aromatic carbocycles. The Kier molecular flexibility index (Phi) is 5.11. The summed E-state index contributed by atoms with van der Waals surface area (Å²) in [7, 11) is 0. The summed E-state index contributed by atoms with van der Waals surface area (Å²) in [5, 5.41) is 20.5. The summed E-state index contributed by atoms with van der Waals surface area (Å²) >= 11 is 2.79. The number of carbonyl (C=O) groups is 1. The lowest BCUT2D eigenvalue weighted by Gasteiger charge is -2.27. The van der Waals surface area contributed by atoms with Crippen molar-refractivity contribution < 1.29 is 4.79 Å². The van der Waals surface area contributed by atoms with Gasteiger partial charge in [-0.2, -0.15) is 5.26 Å². The summed E-state index contributed by atoms with van der Waals surface area (Å²) in [5.74, 6) is 0.143. The molecule has 5 nitrogen and oxygen atoms in total. The standard InChI is InChI=1S/C11H16N4OS2/c1-7(2)11(4,6-12)13-9(16)5-17-10-15-14-8(3)18-10/h7H,5H2,1-4H3,(H,13,16)/t11-/m1/s1. The van der Waals surface area contributed by atoms with E-state index < -0.39 is 5.54 Å². The second-order valence-electron chi connectivity index (χ2n) is 4.39. The first kappa shape index (κ1) is 14.9. The molecule has 0 spiro atoms. The van der Waals surface area contributed by atoms with Crippen molar-refractivity contribution in [3.63, 3.8) is 0 Å². The van der Waals surface area contributed by atoms with Crippen molar-refractivity contribution in [1.29, 1.82) is 5.26 Å². The Morgan fingerprint density at radius 2 is 2.28 bits per heavy atom. The molecular formula is C11H16N4OS2. The van der Waals surface area contributed by atoms with Crippen LogP contribution < -0.4 is 5.32 Å². The Bertz CT molecular complexity index is 466. The van der Waals surface area contributed by atoms with Crippen molar-refractivity contribution in [3.8, 4) is 6.07 Å². The third-order valence-corrected chi connectivity index (χ3v) is 4.59. The van der Waals surface area contributed by atoms with Gasteiger partial charge in [-0.05, 0) is 19.8 Å². The van der Waals surface area contributed by atoms with E-state index in [0.717, 1.165) is 9.35 Å². The third kappa shape index (κ3) is 3.96. The predicted octanol–water partition coefficient (Wildman–Crippen LogP) is 1.99. The van der Waals surface area contributed by atoms with E-state index in [4.69, 9.17) is 5.26 Å².